The number of likely N-dealkylation sites (tertiary alicyclic amines) is 1. The van der Waals surface area contributed by atoms with Crippen molar-refractivity contribution in [2.45, 2.75) is 85.1 Å². The van der Waals surface area contributed by atoms with Crippen LogP contribution in [0.4, 0.5) is 0 Å². The number of piperidine rings is 1. The van der Waals surface area contributed by atoms with Gasteiger partial charge in [-0.15, -0.1) is 0 Å². The van der Waals surface area contributed by atoms with E-state index >= 15 is 0 Å². The molecule has 6 heteroatoms. The summed E-state index contributed by atoms with van der Waals surface area (Å²) in [6.45, 7) is 10.2. The molecule has 0 unspecified atom stereocenters. The first-order valence-corrected chi connectivity index (χ1v) is 13.0. The lowest BCUT2D eigenvalue weighted by Crippen LogP contribution is -2.61. The number of likely N-dealkylation sites (N-methyl/N-ethyl adjacent to an activating group) is 1. The number of hydrogen-bond acceptors (Lipinski definition) is 3. The van der Waals surface area contributed by atoms with Gasteiger partial charge in [0, 0.05) is 38.5 Å². The van der Waals surface area contributed by atoms with E-state index in [2.05, 4.69) is 19.2 Å². The minimum atomic E-state index is 0.00831. The van der Waals surface area contributed by atoms with Crippen LogP contribution < -0.4 is 5.32 Å². The molecule has 0 aromatic rings. The summed E-state index contributed by atoms with van der Waals surface area (Å²) >= 11 is 0. The quantitative estimate of drug-likeness (QED) is 0.705. The molecule has 1 saturated heterocycles. The van der Waals surface area contributed by atoms with Crippen molar-refractivity contribution in [2.24, 2.45) is 34.5 Å². The van der Waals surface area contributed by atoms with E-state index in [1.165, 1.54) is 6.42 Å². The Morgan fingerprint density at radius 1 is 1.00 bits per heavy atom. The Kier molecular flexibility index (Phi) is 6.36. The fourth-order valence-corrected chi connectivity index (χ4v) is 8.56. The fourth-order valence-electron chi connectivity index (χ4n) is 8.56. The summed E-state index contributed by atoms with van der Waals surface area (Å²) in [7, 11) is 2.01. The maximum atomic E-state index is 13.2. The Bertz CT molecular complexity index is 765. The summed E-state index contributed by atoms with van der Waals surface area (Å²) in [6, 6.07) is 0.376. The Balaban J connectivity index is 1.45. The van der Waals surface area contributed by atoms with E-state index in [1.807, 2.05) is 25.8 Å². The molecular formula is C26H43N3O3. The highest BCUT2D eigenvalue weighted by molar-refractivity contribution is 5.86. The van der Waals surface area contributed by atoms with Gasteiger partial charge in [-0.1, -0.05) is 13.8 Å². The predicted octanol–water partition coefficient (Wildman–Crippen LogP) is 3.45. The first-order chi connectivity index (χ1) is 15.2. The lowest BCUT2D eigenvalue weighted by molar-refractivity contribution is -0.159. The standard InChI is InChI=1S/C26H43N3O3/c1-6-29(7-2)23(31)16-27-24(32)20-10-9-18-17-8-11-21-26(4,15-13-22(30)28(21)5)19(17)12-14-25(18,20)3/h17-21H,6-16H2,1-5H3,(H,27,32)/t17-,18-,19-,20+,21+,25-,26+/m0/s1. The van der Waals surface area contributed by atoms with Gasteiger partial charge in [-0.05, 0) is 87.4 Å². The second-order valence-corrected chi connectivity index (χ2v) is 11.4. The number of nitrogens with one attached hydrogen (secondary N) is 1. The highest BCUT2D eigenvalue weighted by atomic mass is 16.2. The van der Waals surface area contributed by atoms with Gasteiger partial charge in [0.15, 0.2) is 0 Å². The molecule has 1 aliphatic heterocycles. The Hall–Kier alpha value is -1.59. The van der Waals surface area contributed by atoms with Gasteiger partial charge in [-0.25, -0.2) is 0 Å². The minimum Gasteiger partial charge on any atom is -0.347 e. The van der Waals surface area contributed by atoms with Crippen molar-refractivity contribution in [3.05, 3.63) is 0 Å². The third-order valence-electron chi connectivity index (χ3n) is 10.4. The highest BCUT2D eigenvalue weighted by Gasteiger charge is 2.62. The van der Waals surface area contributed by atoms with Crippen LogP contribution >= 0.6 is 0 Å². The lowest BCUT2D eigenvalue weighted by Gasteiger charge is -2.61. The Labute approximate surface area is 193 Å². The zero-order chi connectivity index (χ0) is 23.3. The van der Waals surface area contributed by atoms with Gasteiger partial charge in [0.05, 0.1) is 6.54 Å². The first-order valence-electron chi connectivity index (χ1n) is 13.0. The molecule has 32 heavy (non-hydrogen) atoms. The number of fused-ring (bicyclic) bond motifs is 5. The topological polar surface area (TPSA) is 69.7 Å². The van der Waals surface area contributed by atoms with Crippen molar-refractivity contribution in [1.82, 2.24) is 15.1 Å². The van der Waals surface area contributed by atoms with Gasteiger partial charge in [-0.3, -0.25) is 14.4 Å². The first kappa shape index (κ1) is 23.6. The van der Waals surface area contributed by atoms with E-state index in [-0.39, 0.29) is 35.1 Å². The van der Waals surface area contributed by atoms with Crippen LogP contribution in [0.25, 0.3) is 0 Å². The molecule has 4 rings (SSSR count). The molecule has 1 N–H and O–H groups in total. The molecular weight excluding hydrogens is 402 g/mol. The van der Waals surface area contributed by atoms with Crippen LogP contribution in [-0.4, -0.2) is 60.2 Å². The Morgan fingerprint density at radius 2 is 1.69 bits per heavy atom. The van der Waals surface area contributed by atoms with Crippen molar-refractivity contribution < 1.29 is 14.4 Å². The monoisotopic (exact) mass is 445 g/mol. The zero-order valence-electron chi connectivity index (χ0n) is 20.8. The van der Waals surface area contributed by atoms with Crippen LogP contribution in [0.5, 0.6) is 0 Å². The summed E-state index contributed by atoms with van der Waals surface area (Å²) in [5, 5.41) is 2.99. The molecule has 180 valence electrons. The molecule has 3 aliphatic carbocycles. The van der Waals surface area contributed by atoms with Crippen LogP contribution in [0.3, 0.4) is 0 Å². The van der Waals surface area contributed by atoms with E-state index in [9.17, 15) is 14.4 Å². The van der Waals surface area contributed by atoms with Crippen molar-refractivity contribution in [3.63, 3.8) is 0 Å². The molecule has 1 heterocycles. The summed E-state index contributed by atoms with van der Waals surface area (Å²) in [5.74, 6) is 2.30. The highest BCUT2D eigenvalue weighted by Crippen LogP contribution is 2.66. The van der Waals surface area contributed by atoms with Gasteiger partial charge in [-0.2, -0.15) is 0 Å². The molecule has 0 bridgehead atoms. The predicted molar refractivity (Wildman–Crippen MR) is 125 cm³/mol. The molecule has 0 aromatic carbocycles. The maximum absolute atomic E-state index is 13.2. The van der Waals surface area contributed by atoms with E-state index < -0.39 is 0 Å². The third kappa shape index (κ3) is 3.56. The fraction of sp³-hybridized carbons (Fsp3) is 0.885. The second-order valence-electron chi connectivity index (χ2n) is 11.4. The molecule has 0 spiro atoms. The molecule has 0 radical (unpaired) electrons. The van der Waals surface area contributed by atoms with Crippen LogP contribution in [0.15, 0.2) is 0 Å². The number of carbonyl (C=O) groups excluding carboxylic acids is 3. The number of nitrogens with zero attached hydrogens (tertiary/aromatic N) is 2. The molecule has 0 aromatic heterocycles. The van der Waals surface area contributed by atoms with Crippen molar-refractivity contribution in [3.8, 4) is 0 Å². The van der Waals surface area contributed by atoms with Crippen molar-refractivity contribution >= 4 is 17.7 Å². The molecule has 4 aliphatic rings. The largest absolute Gasteiger partial charge is 0.347 e. The van der Waals surface area contributed by atoms with Gasteiger partial charge < -0.3 is 15.1 Å². The van der Waals surface area contributed by atoms with E-state index in [4.69, 9.17) is 0 Å². The molecule has 6 nitrogen and oxygen atoms in total. The lowest BCUT2D eigenvalue weighted by atomic mass is 9.47. The number of amides is 3. The average molecular weight is 446 g/mol. The summed E-state index contributed by atoms with van der Waals surface area (Å²) in [6.07, 6.45) is 8.28. The molecule has 3 saturated carbocycles. The maximum Gasteiger partial charge on any atom is 0.241 e. The number of hydrogen-bond donors (Lipinski definition) is 1. The minimum absolute atomic E-state index is 0.00831. The second kappa shape index (κ2) is 8.64. The van der Waals surface area contributed by atoms with Crippen LogP contribution in [-0.2, 0) is 14.4 Å². The van der Waals surface area contributed by atoms with E-state index in [1.54, 1.807) is 4.90 Å². The third-order valence-corrected chi connectivity index (χ3v) is 10.4. The van der Waals surface area contributed by atoms with Crippen LogP contribution in [0.1, 0.15) is 79.1 Å². The SMILES string of the molecule is CCN(CC)C(=O)CNC(=O)[C@H]1CC[C@H]2[C@@H]3CC[C@H]4N(C)C(=O)CC[C@]4(C)[C@H]3CC[C@]12C. The van der Waals surface area contributed by atoms with Gasteiger partial charge in [0.2, 0.25) is 17.7 Å². The van der Waals surface area contributed by atoms with Gasteiger partial charge in [0.1, 0.15) is 0 Å². The van der Waals surface area contributed by atoms with Gasteiger partial charge in [0.25, 0.3) is 0 Å². The Morgan fingerprint density at radius 3 is 2.38 bits per heavy atom. The summed E-state index contributed by atoms with van der Waals surface area (Å²) in [4.78, 5) is 41.8. The number of rotatable bonds is 5. The van der Waals surface area contributed by atoms with Crippen LogP contribution in [0, 0.1) is 34.5 Å². The van der Waals surface area contributed by atoms with E-state index in [0.717, 1.165) is 38.5 Å². The normalized spacial score (nSPS) is 40.8. The van der Waals surface area contributed by atoms with Crippen molar-refractivity contribution in [2.75, 3.05) is 26.7 Å². The van der Waals surface area contributed by atoms with Crippen molar-refractivity contribution in [1.29, 1.82) is 0 Å². The smallest absolute Gasteiger partial charge is 0.241 e. The summed E-state index contributed by atoms with van der Waals surface area (Å²) < 4.78 is 0. The van der Waals surface area contributed by atoms with Gasteiger partial charge >= 0.3 is 0 Å². The van der Waals surface area contributed by atoms with Crippen LogP contribution in [0.2, 0.25) is 0 Å². The molecule has 7 atom stereocenters. The molecule has 3 amide bonds. The number of carbonyl (C=O) groups is 3. The zero-order valence-corrected chi connectivity index (χ0v) is 20.8. The molecule has 4 fully saturated rings. The average Bonchev–Trinajstić information content (AvgIpc) is 3.13. The summed E-state index contributed by atoms with van der Waals surface area (Å²) in [5.41, 5.74) is 0.243. The van der Waals surface area contributed by atoms with E-state index in [0.29, 0.717) is 49.2 Å².